The molecule has 18 heavy (non-hydrogen) atoms. The Balaban J connectivity index is 4.11. The molecule has 0 aliphatic rings. The minimum atomic E-state index is -1.03. The number of allylic oxidation sites excluding steroid dienone is 2. The third kappa shape index (κ3) is 8.31. The van der Waals surface area contributed by atoms with Crippen molar-refractivity contribution in [2.24, 2.45) is 0 Å². The molecule has 0 aliphatic heterocycles. The molecule has 0 aromatic rings. The van der Waals surface area contributed by atoms with Crippen molar-refractivity contribution >= 4 is 16.1 Å². The summed E-state index contributed by atoms with van der Waals surface area (Å²) in [5.41, 5.74) is 0. The average molecular weight is 285 g/mol. The summed E-state index contributed by atoms with van der Waals surface area (Å²) in [6.45, 7) is 17.5. The van der Waals surface area contributed by atoms with E-state index in [1.165, 1.54) is 38.5 Å². The summed E-state index contributed by atoms with van der Waals surface area (Å²) in [6.07, 6.45) is 13.4. The molecule has 0 heterocycles. The second-order valence-corrected chi connectivity index (χ2v) is 19.1. The van der Waals surface area contributed by atoms with Crippen molar-refractivity contribution in [3.05, 3.63) is 12.2 Å². The highest BCUT2D eigenvalue weighted by atomic mass is 28.4. The maximum absolute atomic E-state index is 2.60. The quantitative estimate of drug-likeness (QED) is 0.258. The van der Waals surface area contributed by atoms with Gasteiger partial charge in [0.1, 0.15) is 0 Å². The Hall–Kier alpha value is 0.174. The van der Waals surface area contributed by atoms with Gasteiger partial charge in [0.2, 0.25) is 0 Å². The SMILES string of the molecule is CCCCCCC/C=C/C([Si](C)(C)C)[Si](C)(C)C. The molecule has 0 fully saturated rings. The van der Waals surface area contributed by atoms with Gasteiger partial charge in [-0.2, -0.15) is 0 Å². The molecule has 0 aliphatic carbocycles. The molecule has 0 saturated carbocycles. The number of unbranched alkanes of at least 4 members (excludes halogenated alkanes) is 5. The molecule has 0 aromatic carbocycles. The van der Waals surface area contributed by atoms with Gasteiger partial charge in [0, 0.05) is 16.1 Å². The highest BCUT2D eigenvalue weighted by molar-refractivity contribution is 6.96. The van der Waals surface area contributed by atoms with E-state index in [0.717, 1.165) is 5.16 Å². The maximum Gasteiger partial charge on any atom is 0.0485 e. The second-order valence-electron chi connectivity index (χ2n) is 7.84. The number of hydrogen-bond donors (Lipinski definition) is 0. The number of hydrogen-bond acceptors (Lipinski definition) is 0. The van der Waals surface area contributed by atoms with Crippen molar-refractivity contribution in [1.82, 2.24) is 0 Å². The molecule has 2 heteroatoms. The lowest BCUT2D eigenvalue weighted by atomic mass is 10.1. The van der Waals surface area contributed by atoms with Crippen LogP contribution in [0.15, 0.2) is 12.2 Å². The fraction of sp³-hybridized carbons (Fsp3) is 0.875. The van der Waals surface area contributed by atoms with Gasteiger partial charge in [0.25, 0.3) is 0 Å². The van der Waals surface area contributed by atoms with Crippen LogP contribution in [0.2, 0.25) is 44.4 Å². The zero-order valence-electron chi connectivity index (χ0n) is 14.0. The first-order valence-corrected chi connectivity index (χ1v) is 15.0. The Kier molecular flexibility index (Phi) is 8.45. The van der Waals surface area contributed by atoms with E-state index < -0.39 is 16.1 Å². The molecule has 108 valence electrons. The fourth-order valence-electron chi connectivity index (χ4n) is 2.97. The van der Waals surface area contributed by atoms with E-state index in [4.69, 9.17) is 0 Å². The summed E-state index contributed by atoms with van der Waals surface area (Å²) < 4.78 is 0. The summed E-state index contributed by atoms with van der Waals surface area (Å²) in [4.78, 5) is 0. The summed E-state index contributed by atoms with van der Waals surface area (Å²) in [6, 6.07) is 0. The molecule has 0 bridgehead atoms. The van der Waals surface area contributed by atoms with Gasteiger partial charge < -0.3 is 0 Å². The molecule has 0 saturated heterocycles. The zero-order valence-corrected chi connectivity index (χ0v) is 16.0. The zero-order chi connectivity index (χ0) is 14.2. The highest BCUT2D eigenvalue weighted by Crippen LogP contribution is 2.33. The van der Waals surface area contributed by atoms with Gasteiger partial charge in [0.05, 0.1) is 0 Å². The Morgan fingerprint density at radius 3 is 1.72 bits per heavy atom. The molecule has 0 N–H and O–H groups in total. The molecule has 0 atom stereocenters. The first-order chi connectivity index (χ1) is 8.19. The highest BCUT2D eigenvalue weighted by Gasteiger charge is 2.35. The van der Waals surface area contributed by atoms with Gasteiger partial charge in [-0.3, -0.25) is 0 Å². The third-order valence-electron chi connectivity index (χ3n) is 3.67. The summed E-state index contributed by atoms with van der Waals surface area (Å²) in [5.74, 6) is 0. The van der Waals surface area contributed by atoms with Crippen LogP contribution in [0.1, 0.15) is 45.4 Å². The molecule has 0 rings (SSSR count). The predicted molar refractivity (Wildman–Crippen MR) is 93.0 cm³/mol. The van der Waals surface area contributed by atoms with Crippen LogP contribution in [0.25, 0.3) is 0 Å². The Morgan fingerprint density at radius 2 is 1.28 bits per heavy atom. The predicted octanol–water partition coefficient (Wildman–Crippen LogP) is 6.49. The number of rotatable bonds is 9. The second kappa shape index (κ2) is 8.37. The minimum absolute atomic E-state index is 0.931. The van der Waals surface area contributed by atoms with Crippen LogP contribution in [0.3, 0.4) is 0 Å². The average Bonchev–Trinajstić information content (AvgIpc) is 2.18. The van der Waals surface area contributed by atoms with Crippen molar-refractivity contribution < 1.29 is 0 Å². The largest absolute Gasteiger partial charge is 0.0907 e. The molecule has 0 aromatic heterocycles. The topological polar surface area (TPSA) is 0 Å². The molecule has 0 radical (unpaired) electrons. The van der Waals surface area contributed by atoms with Gasteiger partial charge in [-0.1, -0.05) is 84.0 Å². The summed E-state index contributed by atoms with van der Waals surface area (Å²) in [7, 11) is -2.06. The van der Waals surface area contributed by atoms with E-state index in [0.29, 0.717) is 0 Å². The standard InChI is InChI=1S/C16H36Si2/c1-8-9-10-11-12-13-14-15-16(17(2,3)4)18(5,6)7/h14-16H,8-13H2,1-7H3/b15-14+. The van der Waals surface area contributed by atoms with E-state index in [2.05, 4.69) is 58.4 Å². The van der Waals surface area contributed by atoms with Gasteiger partial charge in [-0.15, -0.1) is 0 Å². The summed E-state index contributed by atoms with van der Waals surface area (Å²) in [5, 5.41) is 0.931. The van der Waals surface area contributed by atoms with Crippen LogP contribution in [-0.2, 0) is 0 Å². The van der Waals surface area contributed by atoms with Gasteiger partial charge in [0.15, 0.2) is 0 Å². The van der Waals surface area contributed by atoms with Crippen molar-refractivity contribution in [3.63, 3.8) is 0 Å². The molecular weight excluding hydrogens is 248 g/mol. The van der Waals surface area contributed by atoms with Crippen LogP contribution < -0.4 is 0 Å². The van der Waals surface area contributed by atoms with Gasteiger partial charge in [-0.25, -0.2) is 0 Å². The van der Waals surface area contributed by atoms with Crippen molar-refractivity contribution in [1.29, 1.82) is 0 Å². The van der Waals surface area contributed by atoms with Crippen LogP contribution in [0.5, 0.6) is 0 Å². The van der Waals surface area contributed by atoms with E-state index in [1.54, 1.807) is 0 Å². The van der Waals surface area contributed by atoms with Crippen LogP contribution >= 0.6 is 0 Å². The lowest BCUT2D eigenvalue weighted by Gasteiger charge is -2.36. The molecule has 0 nitrogen and oxygen atoms in total. The van der Waals surface area contributed by atoms with E-state index in [1.807, 2.05) is 0 Å². The monoisotopic (exact) mass is 284 g/mol. The molecule has 0 spiro atoms. The summed E-state index contributed by atoms with van der Waals surface area (Å²) >= 11 is 0. The van der Waals surface area contributed by atoms with E-state index in [-0.39, 0.29) is 0 Å². The molecular formula is C16H36Si2. The Bertz CT molecular complexity index is 216. The Labute approximate surface area is 118 Å². The van der Waals surface area contributed by atoms with Crippen LogP contribution in [-0.4, -0.2) is 16.1 Å². The third-order valence-corrected chi connectivity index (χ3v) is 13.0. The van der Waals surface area contributed by atoms with E-state index >= 15 is 0 Å². The first kappa shape index (κ1) is 18.2. The lowest BCUT2D eigenvalue weighted by Crippen LogP contribution is -2.42. The molecule has 0 unspecified atom stereocenters. The van der Waals surface area contributed by atoms with Gasteiger partial charge >= 0.3 is 0 Å². The van der Waals surface area contributed by atoms with Gasteiger partial charge in [-0.05, 0) is 18.0 Å². The van der Waals surface area contributed by atoms with Crippen molar-refractivity contribution in [2.75, 3.05) is 0 Å². The smallest absolute Gasteiger partial charge is 0.0485 e. The fourth-order valence-corrected chi connectivity index (χ4v) is 14.8. The van der Waals surface area contributed by atoms with Crippen LogP contribution in [0.4, 0.5) is 0 Å². The maximum atomic E-state index is 2.60. The molecule has 0 amide bonds. The minimum Gasteiger partial charge on any atom is -0.0907 e. The lowest BCUT2D eigenvalue weighted by molar-refractivity contribution is 0.637. The van der Waals surface area contributed by atoms with Crippen molar-refractivity contribution in [3.8, 4) is 0 Å². The van der Waals surface area contributed by atoms with E-state index in [9.17, 15) is 0 Å². The first-order valence-electron chi connectivity index (χ1n) is 7.86. The van der Waals surface area contributed by atoms with Crippen molar-refractivity contribution in [2.45, 2.75) is 89.9 Å². The van der Waals surface area contributed by atoms with Crippen LogP contribution in [0, 0.1) is 0 Å². The normalized spacial score (nSPS) is 13.8. The Morgan fingerprint density at radius 1 is 0.778 bits per heavy atom.